The van der Waals surface area contributed by atoms with Gasteiger partial charge in [0.25, 0.3) is 0 Å². The minimum absolute atomic E-state index is 0.119. The first-order valence-electron chi connectivity index (χ1n) is 8.30. The summed E-state index contributed by atoms with van der Waals surface area (Å²) in [5.74, 6) is 0.775. The van der Waals surface area contributed by atoms with Crippen LogP contribution in [0.1, 0.15) is 24.5 Å². The fourth-order valence-electron chi connectivity index (χ4n) is 2.45. The van der Waals surface area contributed by atoms with Gasteiger partial charge in [0.15, 0.2) is 17.2 Å². The molecule has 0 atom stereocenters. The van der Waals surface area contributed by atoms with Crippen molar-refractivity contribution in [1.29, 1.82) is 0 Å². The molecule has 1 heterocycles. The van der Waals surface area contributed by atoms with E-state index in [0.29, 0.717) is 33.7 Å². The second kappa shape index (κ2) is 8.46. The van der Waals surface area contributed by atoms with E-state index in [9.17, 15) is 4.79 Å². The normalized spacial score (nSPS) is 14.9. The Morgan fingerprint density at radius 2 is 1.96 bits per heavy atom. The third kappa shape index (κ3) is 4.43. The zero-order valence-corrected chi connectivity index (χ0v) is 16.3. The molecule has 0 spiro atoms. The van der Waals surface area contributed by atoms with E-state index in [1.54, 1.807) is 43.5 Å². The third-order valence-corrected chi connectivity index (χ3v) is 4.30. The van der Waals surface area contributed by atoms with Crippen molar-refractivity contribution >= 4 is 41.1 Å². The molecule has 1 aliphatic heterocycles. The Balaban J connectivity index is 1.91. The molecule has 7 heteroatoms. The van der Waals surface area contributed by atoms with E-state index < -0.39 is 5.97 Å². The van der Waals surface area contributed by atoms with Crippen molar-refractivity contribution in [3.05, 3.63) is 63.3 Å². The molecule has 0 fully saturated rings. The number of carbonyl (C=O) groups excluding carboxylic acids is 1. The van der Waals surface area contributed by atoms with Gasteiger partial charge in [0.1, 0.15) is 0 Å². The number of aliphatic imine (C=N–C) groups is 1. The fraction of sp³-hybridized carbons (Fsp3) is 0.200. The van der Waals surface area contributed by atoms with Crippen LogP contribution in [0.25, 0.3) is 6.08 Å². The van der Waals surface area contributed by atoms with Gasteiger partial charge in [-0.25, -0.2) is 9.79 Å². The van der Waals surface area contributed by atoms with Gasteiger partial charge in [-0.05, 0) is 48.4 Å². The van der Waals surface area contributed by atoms with E-state index in [4.69, 9.17) is 37.4 Å². The average molecular weight is 406 g/mol. The zero-order valence-electron chi connectivity index (χ0n) is 14.8. The van der Waals surface area contributed by atoms with E-state index in [1.807, 2.05) is 13.0 Å². The molecule has 27 heavy (non-hydrogen) atoms. The molecule has 0 saturated carbocycles. The van der Waals surface area contributed by atoms with Gasteiger partial charge in [-0.3, -0.25) is 0 Å². The van der Waals surface area contributed by atoms with E-state index in [0.717, 1.165) is 12.0 Å². The molecule has 0 unspecified atom stereocenters. The van der Waals surface area contributed by atoms with Crippen LogP contribution in [0, 0.1) is 0 Å². The Morgan fingerprint density at radius 3 is 2.70 bits per heavy atom. The highest BCUT2D eigenvalue weighted by Gasteiger charge is 2.26. The summed E-state index contributed by atoms with van der Waals surface area (Å²) in [6.07, 6.45) is 2.50. The number of hydrogen-bond acceptors (Lipinski definition) is 5. The number of halogens is 2. The van der Waals surface area contributed by atoms with Gasteiger partial charge < -0.3 is 14.2 Å². The monoisotopic (exact) mass is 405 g/mol. The van der Waals surface area contributed by atoms with Crippen LogP contribution in [0.4, 0.5) is 0 Å². The number of rotatable bonds is 6. The Hall–Kier alpha value is -2.50. The predicted molar refractivity (Wildman–Crippen MR) is 106 cm³/mol. The number of nitrogens with zero attached hydrogens (tertiary/aromatic N) is 1. The number of ether oxygens (including phenoxy) is 3. The summed E-state index contributed by atoms with van der Waals surface area (Å²) in [6.45, 7) is 2.62. The lowest BCUT2D eigenvalue weighted by molar-refractivity contribution is -0.129. The smallest absolute Gasteiger partial charge is 0.363 e. The van der Waals surface area contributed by atoms with Crippen molar-refractivity contribution in [1.82, 2.24) is 0 Å². The molecule has 2 aromatic carbocycles. The SMILES string of the molecule is CCCOc1ccc(/C=C2/N=C(c3cc(Cl)ccc3Cl)OC2=O)cc1OC. The summed E-state index contributed by atoms with van der Waals surface area (Å²) in [6, 6.07) is 10.2. The van der Waals surface area contributed by atoms with Crippen molar-refractivity contribution in [2.45, 2.75) is 13.3 Å². The first-order chi connectivity index (χ1) is 13.0. The Labute approximate surface area is 167 Å². The van der Waals surface area contributed by atoms with Gasteiger partial charge in [0, 0.05) is 5.02 Å². The van der Waals surface area contributed by atoms with Crippen LogP contribution in [0.2, 0.25) is 10.0 Å². The molecule has 140 valence electrons. The van der Waals surface area contributed by atoms with Gasteiger partial charge in [-0.2, -0.15) is 0 Å². The van der Waals surface area contributed by atoms with Crippen LogP contribution in [0.15, 0.2) is 47.1 Å². The summed E-state index contributed by atoms with van der Waals surface area (Å²) in [4.78, 5) is 16.4. The number of cyclic esters (lactones) is 1. The lowest BCUT2D eigenvalue weighted by Crippen LogP contribution is -2.06. The first kappa shape index (κ1) is 19.3. The van der Waals surface area contributed by atoms with Gasteiger partial charge in [-0.1, -0.05) is 36.2 Å². The molecule has 0 N–H and O–H groups in total. The molecule has 0 bridgehead atoms. The Morgan fingerprint density at radius 1 is 1.15 bits per heavy atom. The van der Waals surface area contributed by atoms with Crippen LogP contribution < -0.4 is 9.47 Å². The van der Waals surface area contributed by atoms with E-state index in [-0.39, 0.29) is 11.6 Å². The largest absolute Gasteiger partial charge is 0.493 e. The van der Waals surface area contributed by atoms with Crippen molar-refractivity contribution in [2.24, 2.45) is 4.99 Å². The standard InChI is InChI=1S/C20H17Cl2NO4/c1-3-8-26-17-7-4-12(10-18(17)25-2)9-16-20(24)27-19(23-16)14-11-13(21)5-6-15(14)22/h4-7,9-11H,3,8H2,1-2H3/b16-9+. The van der Waals surface area contributed by atoms with Crippen LogP contribution in [-0.2, 0) is 9.53 Å². The molecule has 0 radical (unpaired) electrons. The molecule has 3 rings (SSSR count). The maximum absolute atomic E-state index is 12.2. The number of benzene rings is 2. The summed E-state index contributed by atoms with van der Waals surface area (Å²) in [7, 11) is 1.56. The van der Waals surface area contributed by atoms with Crippen LogP contribution in [0.3, 0.4) is 0 Å². The highest BCUT2D eigenvalue weighted by atomic mass is 35.5. The summed E-state index contributed by atoms with van der Waals surface area (Å²) < 4.78 is 16.2. The quantitative estimate of drug-likeness (QED) is 0.493. The van der Waals surface area contributed by atoms with Crippen LogP contribution in [0.5, 0.6) is 11.5 Å². The van der Waals surface area contributed by atoms with Crippen LogP contribution in [-0.4, -0.2) is 25.6 Å². The van der Waals surface area contributed by atoms with Gasteiger partial charge >= 0.3 is 5.97 Å². The lowest BCUT2D eigenvalue weighted by atomic mass is 10.1. The molecular formula is C20H17Cl2NO4. The molecule has 1 aliphatic rings. The Kier molecular flexibility index (Phi) is 6.04. The molecule has 0 aliphatic carbocycles. The summed E-state index contributed by atoms with van der Waals surface area (Å²) in [5.41, 5.74) is 1.34. The lowest BCUT2D eigenvalue weighted by Gasteiger charge is -2.10. The first-order valence-corrected chi connectivity index (χ1v) is 9.06. The van der Waals surface area contributed by atoms with Crippen LogP contribution >= 0.6 is 23.2 Å². The van der Waals surface area contributed by atoms with Crippen molar-refractivity contribution in [2.75, 3.05) is 13.7 Å². The molecule has 0 saturated heterocycles. The highest BCUT2D eigenvalue weighted by molar-refractivity contribution is 6.36. The number of methoxy groups -OCH3 is 1. The molecule has 2 aromatic rings. The zero-order chi connectivity index (χ0) is 19.4. The van der Waals surface area contributed by atoms with Crippen molar-refractivity contribution in [3.8, 4) is 11.5 Å². The van der Waals surface area contributed by atoms with E-state index >= 15 is 0 Å². The number of carbonyl (C=O) groups is 1. The van der Waals surface area contributed by atoms with Gasteiger partial charge in [0.2, 0.25) is 5.90 Å². The third-order valence-electron chi connectivity index (χ3n) is 3.73. The summed E-state index contributed by atoms with van der Waals surface area (Å²) in [5, 5.41) is 0.865. The van der Waals surface area contributed by atoms with E-state index in [1.165, 1.54) is 0 Å². The topological polar surface area (TPSA) is 57.1 Å². The minimum Gasteiger partial charge on any atom is -0.493 e. The minimum atomic E-state index is -0.564. The molecule has 0 amide bonds. The number of esters is 1. The van der Waals surface area contributed by atoms with Gasteiger partial charge in [0.05, 0.1) is 24.3 Å². The second-order valence-electron chi connectivity index (χ2n) is 5.72. The predicted octanol–water partition coefficient (Wildman–Crippen LogP) is 5.14. The fourth-order valence-corrected chi connectivity index (χ4v) is 2.82. The number of hydrogen-bond donors (Lipinski definition) is 0. The maximum atomic E-state index is 12.2. The highest BCUT2D eigenvalue weighted by Crippen LogP contribution is 2.30. The summed E-state index contributed by atoms with van der Waals surface area (Å²) >= 11 is 12.1. The Bertz CT molecular complexity index is 938. The van der Waals surface area contributed by atoms with Crippen molar-refractivity contribution < 1.29 is 19.0 Å². The van der Waals surface area contributed by atoms with E-state index in [2.05, 4.69) is 4.99 Å². The maximum Gasteiger partial charge on any atom is 0.363 e. The average Bonchev–Trinajstić information content (AvgIpc) is 3.02. The molecule has 5 nitrogen and oxygen atoms in total. The molecule has 0 aromatic heterocycles. The molecular weight excluding hydrogens is 389 g/mol. The van der Waals surface area contributed by atoms with Crippen molar-refractivity contribution in [3.63, 3.8) is 0 Å². The second-order valence-corrected chi connectivity index (χ2v) is 6.56. The van der Waals surface area contributed by atoms with Gasteiger partial charge in [-0.15, -0.1) is 0 Å².